The van der Waals surface area contributed by atoms with Gasteiger partial charge in [0.1, 0.15) is 17.6 Å². The van der Waals surface area contributed by atoms with Crippen LogP contribution < -0.4 is 9.64 Å². The van der Waals surface area contributed by atoms with Crippen LogP contribution in [0.25, 0.3) is 0 Å². The molecule has 1 saturated heterocycles. The number of ether oxygens (including phenoxy) is 1. The van der Waals surface area contributed by atoms with Crippen LogP contribution in [0, 0.1) is 11.3 Å². The molecule has 0 amide bonds. The van der Waals surface area contributed by atoms with Crippen LogP contribution in [0.1, 0.15) is 43.7 Å². The molecule has 0 spiro atoms. The summed E-state index contributed by atoms with van der Waals surface area (Å²) in [6.45, 7) is 9.23. The fraction of sp³-hybridized carbons (Fsp3) is 0.440. The average Bonchev–Trinajstić information content (AvgIpc) is 2.80. The lowest BCUT2D eigenvalue weighted by Gasteiger charge is -2.39. The molecule has 1 aromatic carbocycles. The summed E-state index contributed by atoms with van der Waals surface area (Å²) in [5.41, 5.74) is 3.05. The maximum Gasteiger partial charge on any atom is 0.146 e. The van der Waals surface area contributed by atoms with Gasteiger partial charge in [-0.1, -0.05) is 32.1 Å². The summed E-state index contributed by atoms with van der Waals surface area (Å²) in [6, 6.07) is 14.7. The highest BCUT2D eigenvalue weighted by Crippen LogP contribution is 2.25. The first-order valence-electron chi connectivity index (χ1n) is 10.8. The smallest absolute Gasteiger partial charge is 0.146 e. The van der Waals surface area contributed by atoms with E-state index in [0.717, 1.165) is 69.1 Å². The molecule has 0 saturated carbocycles. The molecule has 1 aromatic heterocycles. The highest BCUT2D eigenvalue weighted by atomic mass is 16.5. The van der Waals surface area contributed by atoms with Crippen molar-refractivity contribution in [2.24, 2.45) is 0 Å². The zero-order valence-electron chi connectivity index (χ0n) is 18.2. The number of anilines is 1. The molecule has 158 valence electrons. The van der Waals surface area contributed by atoms with Crippen molar-refractivity contribution in [2.75, 3.05) is 31.6 Å². The zero-order valence-corrected chi connectivity index (χ0v) is 18.2. The molecule has 2 heterocycles. The third-order valence-electron chi connectivity index (χ3n) is 5.80. The minimum Gasteiger partial charge on any atom is -0.494 e. The third kappa shape index (κ3) is 5.54. The largest absolute Gasteiger partial charge is 0.494 e. The Morgan fingerprint density at radius 2 is 2.00 bits per heavy atom. The second-order valence-corrected chi connectivity index (χ2v) is 7.90. The van der Waals surface area contributed by atoms with Crippen LogP contribution in [-0.2, 0) is 6.42 Å². The predicted molar refractivity (Wildman–Crippen MR) is 122 cm³/mol. The molecule has 1 aliphatic heterocycles. The number of allylic oxidation sites excluding steroid dienone is 1. The van der Waals surface area contributed by atoms with E-state index >= 15 is 0 Å². The lowest BCUT2D eigenvalue weighted by atomic mass is 10.0. The number of unbranched alkanes of at least 4 members (excludes halogenated alkanes) is 1. The second-order valence-electron chi connectivity index (χ2n) is 7.90. The van der Waals surface area contributed by atoms with Crippen molar-refractivity contribution in [2.45, 2.75) is 45.1 Å². The summed E-state index contributed by atoms with van der Waals surface area (Å²) >= 11 is 0. The van der Waals surface area contributed by atoms with Crippen molar-refractivity contribution in [3.63, 3.8) is 0 Å². The van der Waals surface area contributed by atoms with Gasteiger partial charge in [0.25, 0.3) is 0 Å². The topological polar surface area (TPSA) is 52.4 Å². The van der Waals surface area contributed by atoms with E-state index in [1.54, 1.807) is 6.20 Å². The molecule has 0 radical (unpaired) electrons. The van der Waals surface area contributed by atoms with Crippen molar-refractivity contribution in [3.8, 4) is 11.8 Å². The van der Waals surface area contributed by atoms with Gasteiger partial charge < -0.3 is 14.5 Å². The Morgan fingerprint density at radius 1 is 1.27 bits per heavy atom. The Morgan fingerprint density at radius 3 is 2.67 bits per heavy atom. The first kappa shape index (κ1) is 21.7. The number of likely N-dealkylation sites (tertiary alicyclic amines) is 1. The Balaban J connectivity index is 1.50. The van der Waals surface area contributed by atoms with Gasteiger partial charge in [-0.15, -0.1) is 0 Å². The number of aromatic nitrogens is 1. The van der Waals surface area contributed by atoms with E-state index < -0.39 is 0 Å². The maximum atomic E-state index is 9.35. The Kier molecular flexibility index (Phi) is 7.73. The summed E-state index contributed by atoms with van der Waals surface area (Å²) in [5.74, 6) is 1.71. The number of nitriles is 1. The van der Waals surface area contributed by atoms with Crippen LogP contribution in [0.5, 0.6) is 5.75 Å². The van der Waals surface area contributed by atoms with Crippen LogP contribution in [0.2, 0.25) is 0 Å². The van der Waals surface area contributed by atoms with Crippen molar-refractivity contribution in [1.82, 2.24) is 9.88 Å². The van der Waals surface area contributed by atoms with Gasteiger partial charge in [-0.3, -0.25) is 0 Å². The van der Waals surface area contributed by atoms with E-state index in [9.17, 15) is 5.26 Å². The normalized spacial score (nSPS) is 14.2. The monoisotopic (exact) mass is 404 g/mol. The van der Waals surface area contributed by atoms with Gasteiger partial charge in [-0.2, -0.15) is 5.26 Å². The van der Waals surface area contributed by atoms with Crippen LogP contribution in [0.4, 0.5) is 5.82 Å². The molecule has 0 N–H and O–H groups in total. The molecule has 30 heavy (non-hydrogen) atoms. The maximum absolute atomic E-state index is 9.35. The minimum atomic E-state index is 0.385. The van der Waals surface area contributed by atoms with E-state index in [-0.39, 0.29) is 0 Å². The Labute approximate surface area is 180 Å². The Hall–Kier alpha value is -3.00. The molecule has 5 nitrogen and oxygen atoms in total. The molecule has 3 rings (SSSR count). The third-order valence-corrected chi connectivity index (χ3v) is 5.80. The number of piperidine rings is 1. The van der Waals surface area contributed by atoms with Crippen LogP contribution in [0.15, 0.2) is 54.9 Å². The van der Waals surface area contributed by atoms with Crippen molar-refractivity contribution in [3.05, 3.63) is 66.0 Å². The first-order valence-corrected chi connectivity index (χ1v) is 10.8. The summed E-state index contributed by atoms with van der Waals surface area (Å²) < 4.78 is 5.75. The molecule has 2 aromatic rings. The molecule has 1 aliphatic rings. The highest BCUT2D eigenvalue weighted by molar-refractivity contribution is 5.53. The summed E-state index contributed by atoms with van der Waals surface area (Å²) in [4.78, 5) is 8.98. The van der Waals surface area contributed by atoms with E-state index in [1.807, 2.05) is 19.2 Å². The zero-order chi connectivity index (χ0) is 21.3. The predicted octanol–water partition coefficient (Wildman–Crippen LogP) is 4.79. The van der Waals surface area contributed by atoms with E-state index in [2.05, 4.69) is 58.6 Å². The fourth-order valence-corrected chi connectivity index (χ4v) is 3.89. The van der Waals surface area contributed by atoms with Crippen LogP contribution in [0.3, 0.4) is 0 Å². The number of nitrogens with zero attached hydrogens (tertiary/aromatic N) is 4. The standard InChI is InChI=1S/C25H32N4O/c1-4-5-17-30-24-10-8-21(9-11-24)18-20(2)29-15-12-23(13-16-29)28(3)25-22(19-26)7-6-14-27-25/h6-11,14,23H,2,4-5,12-13,15-18H2,1,3H3. The van der Waals surface area contributed by atoms with Crippen molar-refractivity contribution in [1.29, 1.82) is 5.26 Å². The highest BCUT2D eigenvalue weighted by Gasteiger charge is 2.25. The molecule has 5 heteroatoms. The molecule has 0 unspecified atom stereocenters. The number of rotatable bonds is 9. The van der Waals surface area contributed by atoms with Gasteiger partial charge in [-0.25, -0.2) is 4.98 Å². The van der Waals surface area contributed by atoms with Gasteiger partial charge in [0, 0.05) is 44.5 Å². The number of hydrogen-bond donors (Lipinski definition) is 0. The molecule has 0 aliphatic carbocycles. The fourth-order valence-electron chi connectivity index (χ4n) is 3.89. The molecular formula is C25H32N4O. The molecule has 1 fully saturated rings. The molecule has 0 atom stereocenters. The quantitative estimate of drug-likeness (QED) is 0.563. The minimum absolute atomic E-state index is 0.385. The van der Waals surface area contributed by atoms with E-state index in [0.29, 0.717) is 11.6 Å². The van der Waals surface area contributed by atoms with Gasteiger partial charge in [-0.05, 0) is 49.1 Å². The lowest BCUT2D eigenvalue weighted by molar-refractivity contribution is 0.256. The molecule has 0 bridgehead atoms. The van der Waals surface area contributed by atoms with Crippen LogP contribution in [-0.4, -0.2) is 42.7 Å². The number of benzene rings is 1. The summed E-state index contributed by atoms with van der Waals surface area (Å²) in [6.07, 6.45) is 6.90. The summed E-state index contributed by atoms with van der Waals surface area (Å²) in [5, 5.41) is 9.35. The van der Waals surface area contributed by atoms with Crippen LogP contribution >= 0.6 is 0 Å². The number of pyridine rings is 1. The van der Waals surface area contributed by atoms with Gasteiger partial charge in [0.05, 0.1) is 12.2 Å². The van der Waals surface area contributed by atoms with E-state index in [4.69, 9.17) is 4.74 Å². The SMILES string of the molecule is C=C(Cc1ccc(OCCCC)cc1)N1CCC(N(C)c2ncccc2C#N)CC1. The van der Waals surface area contributed by atoms with Crippen molar-refractivity contribution < 1.29 is 4.74 Å². The summed E-state index contributed by atoms with van der Waals surface area (Å²) in [7, 11) is 2.04. The average molecular weight is 405 g/mol. The first-order chi connectivity index (χ1) is 14.6. The lowest BCUT2D eigenvalue weighted by Crippen LogP contribution is -2.43. The van der Waals surface area contributed by atoms with Gasteiger partial charge in [0.2, 0.25) is 0 Å². The Bertz CT molecular complexity index is 863. The van der Waals surface area contributed by atoms with E-state index in [1.165, 1.54) is 5.56 Å². The molecular weight excluding hydrogens is 372 g/mol. The second kappa shape index (κ2) is 10.7. The van der Waals surface area contributed by atoms with Crippen molar-refractivity contribution >= 4 is 5.82 Å². The van der Waals surface area contributed by atoms with Gasteiger partial charge in [0.15, 0.2) is 0 Å². The number of hydrogen-bond acceptors (Lipinski definition) is 5. The van der Waals surface area contributed by atoms with Gasteiger partial charge >= 0.3 is 0 Å².